The number of pyridine rings is 2. The van der Waals surface area contributed by atoms with Gasteiger partial charge in [0.2, 0.25) is 17.7 Å². The maximum absolute atomic E-state index is 6.42. The van der Waals surface area contributed by atoms with Crippen LogP contribution in [-0.4, -0.2) is 24.5 Å². The molecule has 5 aromatic carbocycles. The fraction of sp³-hybridized carbons (Fsp3) is 0. The highest BCUT2D eigenvalue weighted by Gasteiger charge is 2.18. The summed E-state index contributed by atoms with van der Waals surface area (Å²) in [4.78, 5) is 19.5. The van der Waals surface area contributed by atoms with Gasteiger partial charge in [0.25, 0.3) is 0 Å². The smallest absolute Gasteiger partial charge is 0.234 e. The topological polar surface area (TPSA) is 93.4 Å². The molecule has 0 N–H and O–H groups in total. The van der Waals surface area contributed by atoms with Crippen LogP contribution in [0.2, 0.25) is 0 Å². The average Bonchev–Trinajstić information content (AvgIpc) is 3.81. The lowest BCUT2D eigenvalue weighted by molar-refractivity contribution is 0.448. The van der Waals surface area contributed by atoms with Gasteiger partial charge in [0.15, 0.2) is 0 Å². The average molecular weight is 748 g/mol. The molecule has 0 atom stereocenters. The van der Waals surface area contributed by atoms with E-state index in [0.29, 0.717) is 52.2 Å². The molecule has 0 unspecified atom stereocenters. The summed E-state index contributed by atoms with van der Waals surface area (Å²) in [6, 6.07) is 48.6. The fourth-order valence-electron chi connectivity index (χ4n) is 6.54. The van der Waals surface area contributed by atoms with Crippen molar-refractivity contribution in [2.45, 2.75) is 0 Å². The molecule has 0 spiro atoms. The van der Waals surface area contributed by atoms with E-state index in [1.807, 2.05) is 126 Å². The Morgan fingerprint density at radius 3 is 1.48 bits per heavy atom. The second-order valence-electron chi connectivity index (χ2n) is 12.8. The number of thiophene rings is 1. The first-order valence-electron chi connectivity index (χ1n) is 17.8. The first kappa shape index (κ1) is 33.0. The van der Waals surface area contributed by atoms with E-state index < -0.39 is 0 Å². The number of hydrogen-bond donors (Lipinski definition) is 0. The third-order valence-corrected chi connectivity index (χ3v) is 10.2. The number of hydrogen-bond acceptors (Lipinski definition) is 9. The zero-order chi connectivity index (χ0) is 37.3. The molecule has 0 bridgehead atoms. The van der Waals surface area contributed by atoms with Crippen LogP contribution in [0.5, 0.6) is 46.3 Å². The highest BCUT2D eigenvalue weighted by Crippen LogP contribution is 2.39. The predicted octanol–water partition coefficient (Wildman–Crippen LogP) is 12.4. The summed E-state index contributed by atoms with van der Waals surface area (Å²) in [6.45, 7) is 0. The zero-order valence-corrected chi connectivity index (χ0v) is 30.3. The SMILES string of the molecule is c1ccc(Oc2cccc(Oc3ccc4c5ccc(Oc6cccc(Oc7ccccn7)c6)cc5n(-c5ncc(-c6cc7ccccc7s6)cn5)c4c3)c2)nc1. The Labute approximate surface area is 324 Å². The Bertz CT molecular complexity index is 2810. The van der Waals surface area contributed by atoms with E-state index in [2.05, 4.69) is 52.4 Å². The van der Waals surface area contributed by atoms with Gasteiger partial charge in [-0.15, -0.1) is 11.3 Å². The minimum atomic E-state index is 0.503. The molecule has 10 heteroatoms. The highest BCUT2D eigenvalue weighted by atomic mass is 32.1. The van der Waals surface area contributed by atoms with Crippen molar-refractivity contribution in [1.82, 2.24) is 24.5 Å². The van der Waals surface area contributed by atoms with Crippen molar-refractivity contribution >= 4 is 43.2 Å². The maximum atomic E-state index is 6.42. The molecule has 0 saturated heterocycles. The summed E-state index contributed by atoms with van der Waals surface area (Å²) < 4.78 is 28.0. The summed E-state index contributed by atoms with van der Waals surface area (Å²) in [6.07, 6.45) is 7.15. The second-order valence-corrected chi connectivity index (χ2v) is 13.9. The van der Waals surface area contributed by atoms with Crippen LogP contribution < -0.4 is 18.9 Å². The van der Waals surface area contributed by atoms with Crippen LogP contribution in [-0.2, 0) is 0 Å². The molecule has 10 rings (SSSR count). The third-order valence-electron chi connectivity index (χ3n) is 9.06. The van der Waals surface area contributed by atoms with Gasteiger partial charge in [0, 0.05) is 87.1 Å². The van der Waals surface area contributed by atoms with Crippen LogP contribution >= 0.6 is 11.3 Å². The lowest BCUT2D eigenvalue weighted by Gasteiger charge is -2.11. The van der Waals surface area contributed by atoms with Crippen molar-refractivity contribution in [1.29, 1.82) is 0 Å². The van der Waals surface area contributed by atoms with E-state index in [9.17, 15) is 0 Å². The first-order chi connectivity index (χ1) is 27.7. The van der Waals surface area contributed by atoms with Gasteiger partial charge in [-0.25, -0.2) is 19.9 Å². The normalized spacial score (nSPS) is 11.2. The van der Waals surface area contributed by atoms with Crippen LogP contribution in [0.4, 0.5) is 0 Å². The van der Waals surface area contributed by atoms with Crippen molar-refractivity contribution in [3.8, 4) is 62.6 Å². The van der Waals surface area contributed by atoms with E-state index in [-0.39, 0.29) is 0 Å². The number of ether oxygens (including phenoxy) is 4. The van der Waals surface area contributed by atoms with Crippen LogP contribution in [0.3, 0.4) is 0 Å². The molecule has 5 heterocycles. The molecule has 0 aliphatic heterocycles. The van der Waals surface area contributed by atoms with Crippen LogP contribution in [0.1, 0.15) is 0 Å². The summed E-state index contributed by atoms with van der Waals surface area (Å²) in [5, 5.41) is 3.21. The van der Waals surface area contributed by atoms with Crippen molar-refractivity contribution in [2.75, 3.05) is 0 Å². The van der Waals surface area contributed by atoms with Crippen LogP contribution in [0, 0.1) is 0 Å². The minimum Gasteiger partial charge on any atom is -0.457 e. The van der Waals surface area contributed by atoms with Gasteiger partial charge in [0.1, 0.15) is 34.5 Å². The summed E-state index contributed by atoms with van der Waals surface area (Å²) >= 11 is 1.72. The second kappa shape index (κ2) is 14.3. The predicted molar refractivity (Wildman–Crippen MR) is 219 cm³/mol. The molecule has 9 nitrogen and oxygen atoms in total. The Balaban J connectivity index is 1.03. The monoisotopic (exact) mass is 747 g/mol. The number of rotatable bonds is 10. The van der Waals surface area contributed by atoms with Gasteiger partial charge in [-0.1, -0.05) is 42.5 Å². The zero-order valence-electron chi connectivity index (χ0n) is 29.5. The highest BCUT2D eigenvalue weighted by molar-refractivity contribution is 7.22. The molecule has 0 aliphatic carbocycles. The van der Waals surface area contributed by atoms with Crippen LogP contribution in [0.25, 0.3) is 48.3 Å². The number of nitrogens with zero attached hydrogens (tertiary/aromatic N) is 5. The van der Waals surface area contributed by atoms with E-state index in [4.69, 9.17) is 28.9 Å². The quantitative estimate of drug-likeness (QED) is 0.136. The van der Waals surface area contributed by atoms with E-state index in [1.165, 1.54) is 10.1 Å². The summed E-state index contributed by atoms with van der Waals surface area (Å²) in [5.41, 5.74) is 2.69. The molecule has 0 aliphatic rings. The van der Waals surface area contributed by atoms with Gasteiger partial charge >= 0.3 is 0 Å². The van der Waals surface area contributed by atoms with Gasteiger partial charge in [-0.3, -0.25) is 4.57 Å². The minimum absolute atomic E-state index is 0.503. The van der Waals surface area contributed by atoms with Crippen molar-refractivity contribution < 1.29 is 18.9 Å². The molecule has 0 saturated carbocycles. The lowest BCUT2D eigenvalue weighted by atomic mass is 10.1. The number of aromatic nitrogens is 5. The summed E-state index contributed by atoms with van der Waals surface area (Å²) in [7, 11) is 0. The van der Waals surface area contributed by atoms with Crippen molar-refractivity contribution in [3.63, 3.8) is 0 Å². The van der Waals surface area contributed by atoms with Gasteiger partial charge in [0.05, 0.1) is 11.0 Å². The molecule has 0 fully saturated rings. The van der Waals surface area contributed by atoms with E-state index >= 15 is 0 Å². The van der Waals surface area contributed by atoms with E-state index in [1.54, 1.807) is 23.7 Å². The number of benzene rings is 5. The van der Waals surface area contributed by atoms with E-state index in [0.717, 1.165) is 32.2 Å². The lowest BCUT2D eigenvalue weighted by Crippen LogP contribution is -2.01. The number of fused-ring (bicyclic) bond motifs is 4. The molecular formula is C46H29N5O4S. The Kier molecular flexibility index (Phi) is 8.47. The molecule has 268 valence electrons. The third kappa shape index (κ3) is 6.72. The Hall–Kier alpha value is -7.56. The van der Waals surface area contributed by atoms with Crippen molar-refractivity contribution in [2.24, 2.45) is 0 Å². The molecule has 0 radical (unpaired) electrons. The maximum Gasteiger partial charge on any atom is 0.234 e. The van der Waals surface area contributed by atoms with Gasteiger partial charge in [-0.05, 0) is 78.2 Å². The molecular weight excluding hydrogens is 719 g/mol. The van der Waals surface area contributed by atoms with Crippen LogP contribution in [0.15, 0.2) is 176 Å². The molecule has 0 amide bonds. The largest absolute Gasteiger partial charge is 0.457 e. The molecule has 10 aromatic rings. The van der Waals surface area contributed by atoms with Gasteiger partial charge in [-0.2, -0.15) is 0 Å². The van der Waals surface area contributed by atoms with Crippen molar-refractivity contribution in [3.05, 3.63) is 176 Å². The Morgan fingerprint density at radius 1 is 0.429 bits per heavy atom. The standard InChI is InChI=1S/C46H29N5O4S/c1-2-14-42-30(9-1)23-43(56-42)31-28-49-46(50-29-31)51-40-26-36(52-32-10-7-12-34(24-32)54-44-15-3-5-21-47-44)17-19-38(40)39-20-18-37(27-41(39)51)53-33-11-8-13-35(25-33)55-45-16-4-6-22-48-45/h1-29H. The molecule has 56 heavy (non-hydrogen) atoms. The first-order valence-corrected chi connectivity index (χ1v) is 18.6. The fourth-order valence-corrected chi connectivity index (χ4v) is 7.58. The van der Waals surface area contributed by atoms with Gasteiger partial charge < -0.3 is 18.9 Å². The molecule has 5 aromatic heterocycles. The summed E-state index contributed by atoms with van der Waals surface area (Å²) in [5.74, 6) is 5.27. The Morgan fingerprint density at radius 2 is 0.946 bits per heavy atom.